The summed E-state index contributed by atoms with van der Waals surface area (Å²) in [7, 11) is 0. The van der Waals surface area contributed by atoms with E-state index < -0.39 is 10.5 Å². The molecule has 0 spiro atoms. The van der Waals surface area contributed by atoms with Gasteiger partial charge in [0.15, 0.2) is 0 Å². The smallest absolute Gasteiger partial charge is 0.186 e. The van der Waals surface area contributed by atoms with Gasteiger partial charge in [0.05, 0.1) is 0 Å². The van der Waals surface area contributed by atoms with Gasteiger partial charge < -0.3 is 0 Å². The van der Waals surface area contributed by atoms with Crippen molar-refractivity contribution in [1.29, 1.82) is 0 Å². The molecule has 0 radical (unpaired) electrons. The standard InChI is InChI=1S/C24H28F4S2/c1-3-4-18-7-9-19(10-8-18)20-11-15-22(16-12-20)30-24(27,28)23(25,26)29-21-13-5-17(2)6-14-21/h5-6,11-16,18-19H,3-4,7-10H2,1-2H3. The lowest BCUT2D eigenvalue weighted by atomic mass is 9.77. The fourth-order valence-corrected chi connectivity index (χ4v) is 5.65. The van der Waals surface area contributed by atoms with E-state index in [4.69, 9.17) is 0 Å². The van der Waals surface area contributed by atoms with E-state index in [0.29, 0.717) is 5.92 Å². The molecule has 0 heterocycles. The maximum atomic E-state index is 14.4. The molecule has 0 amide bonds. The molecule has 2 aromatic carbocycles. The molecule has 1 aliphatic carbocycles. The Bertz CT molecular complexity index is 795. The summed E-state index contributed by atoms with van der Waals surface area (Å²) in [5.41, 5.74) is 2.01. The monoisotopic (exact) mass is 456 g/mol. The average molecular weight is 457 g/mol. The van der Waals surface area contributed by atoms with Crippen LogP contribution in [0.25, 0.3) is 0 Å². The van der Waals surface area contributed by atoms with Crippen LogP contribution in [0.3, 0.4) is 0 Å². The molecule has 0 unspecified atom stereocenters. The van der Waals surface area contributed by atoms with E-state index in [-0.39, 0.29) is 33.3 Å². The number of thioether (sulfide) groups is 2. The molecule has 0 aliphatic heterocycles. The summed E-state index contributed by atoms with van der Waals surface area (Å²) in [6, 6.07) is 12.9. The summed E-state index contributed by atoms with van der Waals surface area (Å²) < 4.78 is 57.5. The van der Waals surface area contributed by atoms with Crippen molar-refractivity contribution in [3.8, 4) is 0 Å². The Labute approximate surface area is 185 Å². The van der Waals surface area contributed by atoms with Crippen molar-refractivity contribution in [2.24, 2.45) is 5.92 Å². The van der Waals surface area contributed by atoms with Crippen LogP contribution < -0.4 is 0 Å². The summed E-state index contributed by atoms with van der Waals surface area (Å²) in [6.07, 6.45) is 7.11. The summed E-state index contributed by atoms with van der Waals surface area (Å²) >= 11 is -0.160. The second-order valence-electron chi connectivity index (χ2n) is 8.13. The molecule has 0 saturated heterocycles. The van der Waals surface area contributed by atoms with Crippen LogP contribution in [-0.4, -0.2) is 10.5 Å². The van der Waals surface area contributed by atoms with Crippen LogP contribution >= 0.6 is 23.5 Å². The van der Waals surface area contributed by atoms with Gasteiger partial charge in [0.1, 0.15) is 0 Å². The van der Waals surface area contributed by atoms with E-state index >= 15 is 0 Å². The molecule has 3 rings (SSSR count). The van der Waals surface area contributed by atoms with Gasteiger partial charge in [-0.05, 0) is 97.8 Å². The van der Waals surface area contributed by atoms with Crippen LogP contribution in [0, 0.1) is 12.8 Å². The van der Waals surface area contributed by atoms with E-state index in [1.54, 1.807) is 24.3 Å². The van der Waals surface area contributed by atoms with Crippen LogP contribution in [0.1, 0.15) is 62.5 Å². The summed E-state index contributed by atoms with van der Waals surface area (Å²) in [4.78, 5) is 0.285. The first-order chi connectivity index (χ1) is 14.2. The SMILES string of the molecule is CCCC1CCC(c2ccc(SC(F)(F)C(F)(F)Sc3ccc(C)cc3)cc2)CC1. The third-order valence-electron chi connectivity index (χ3n) is 5.75. The lowest BCUT2D eigenvalue weighted by Gasteiger charge is -2.29. The summed E-state index contributed by atoms with van der Waals surface area (Å²) in [5.74, 6) is 1.24. The van der Waals surface area contributed by atoms with Crippen LogP contribution in [0.4, 0.5) is 17.6 Å². The maximum Gasteiger partial charge on any atom is 0.370 e. The van der Waals surface area contributed by atoms with Gasteiger partial charge in [-0.1, -0.05) is 49.6 Å². The van der Waals surface area contributed by atoms with Gasteiger partial charge in [-0.2, -0.15) is 17.6 Å². The van der Waals surface area contributed by atoms with Crippen molar-refractivity contribution in [3.63, 3.8) is 0 Å². The Hall–Kier alpha value is -1.14. The number of hydrogen-bond acceptors (Lipinski definition) is 2. The van der Waals surface area contributed by atoms with Gasteiger partial charge in [-0.15, -0.1) is 0 Å². The predicted molar refractivity (Wildman–Crippen MR) is 119 cm³/mol. The highest BCUT2D eigenvalue weighted by molar-refractivity contribution is 8.04. The van der Waals surface area contributed by atoms with Crippen molar-refractivity contribution in [2.75, 3.05) is 0 Å². The quantitative estimate of drug-likeness (QED) is 0.287. The number of rotatable bonds is 8. The van der Waals surface area contributed by atoms with Gasteiger partial charge in [0.2, 0.25) is 0 Å². The minimum atomic E-state index is -4.22. The molecule has 0 aromatic heterocycles. The number of halogens is 4. The Balaban J connectivity index is 1.61. The molecular weight excluding hydrogens is 428 g/mol. The highest BCUT2D eigenvalue weighted by Gasteiger charge is 2.58. The Morgan fingerprint density at radius 1 is 0.767 bits per heavy atom. The van der Waals surface area contributed by atoms with E-state index in [1.165, 1.54) is 37.8 Å². The molecule has 1 aliphatic rings. The lowest BCUT2D eigenvalue weighted by Crippen LogP contribution is -2.34. The van der Waals surface area contributed by atoms with E-state index in [0.717, 1.165) is 29.9 Å². The third-order valence-corrected chi connectivity index (χ3v) is 7.92. The molecule has 0 N–H and O–H groups in total. The molecule has 0 bridgehead atoms. The molecule has 6 heteroatoms. The van der Waals surface area contributed by atoms with Crippen molar-refractivity contribution in [3.05, 3.63) is 59.7 Å². The third kappa shape index (κ3) is 5.97. The highest BCUT2D eigenvalue weighted by atomic mass is 32.2. The molecule has 1 fully saturated rings. The number of benzene rings is 2. The van der Waals surface area contributed by atoms with E-state index in [1.807, 2.05) is 19.1 Å². The minimum absolute atomic E-state index is 0.0666. The second-order valence-corrected chi connectivity index (χ2v) is 10.5. The van der Waals surface area contributed by atoms with Gasteiger partial charge in [-0.25, -0.2) is 0 Å². The Morgan fingerprint density at radius 2 is 1.23 bits per heavy atom. The zero-order valence-corrected chi connectivity index (χ0v) is 19.0. The molecule has 164 valence electrons. The van der Waals surface area contributed by atoms with Crippen molar-refractivity contribution < 1.29 is 17.6 Å². The molecule has 0 nitrogen and oxygen atoms in total. The Kier molecular flexibility index (Phi) is 7.83. The highest BCUT2D eigenvalue weighted by Crippen LogP contribution is 2.54. The molecule has 30 heavy (non-hydrogen) atoms. The van der Waals surface area contributed by atoms with Gasteiger partial charge in [0.25, 0.3) is 0 Å². The van der Waals surface area contributed by atoms with E-state index in [2.05, 4.69) is 6.92 Å². The van der Waals surface area contributed by atoms with Gasteiger partial charge in [0, 0.05) is 9.79 Å². The van der Waals surface area contributed by atoms with Crippen LogP contribution in [0.5, 0.6) is 0 Å². The number of alkyl halides is 4. The number of hydrogen-bond donors (Lipinski definition) is 0. The zero-order chi connectivity index (χ0) is 21.8. The van der Waals surface area contributed by atoms with Crippen molar-refractivity contribution in [1.82, 2.24) is 0 Å². The lowest BCUT2D eigenvalue weighted by molar-refractivity contribution is -0.0834. The van der Waals surface area contributed by atoms with Crippen LogP contribution in [-0.2, 0) is 0 Å². The minimum Gasteiger partial charge on any atom is -0.186 e. The van der Waals surface area contributed by atoms with Gasteiger partial charge >= 0.3 is 10.5 Å². The largest absolute Gasteiger partial charge is 0.370 e. The first-order valence-electron chi connectivity index (χ1n) is 10.5. The summed E-state index contributed by atoms with van der Waals surface area (Å²) in [6.45, 7) is 4.03. The molecule has 1 saturated carbocycles. The van der Waals surface area contributed by atoms with Crippen LogP contribution in [0.2, 0.25) is 0 Å². The molecular formula is C24H28F4S2. The first-order valence-corrected chi connectivity index (χ1v) is 12.1. The van der Waals surface area contributed by atoms with Crippen molar-refractivity contribution in [2.45, 2.75) is 78.6 Å². The first kappa shape index (κ1) is 23.5. The predicted octanol–water partition coefficient (Wildman–Crippen LogP) is 9.14. The van der Waals surface area contributed by atoms with Crippen LogP contribution in [0.15, 0.2) is 58.3 Å². The molecule has 0 atom stereocenters. The second kappa shape index (κ2) is 9.99. The normalized spacial score (nSPS) is 20.3. The topological polar surface area (TPSA) is 0 Å². The average Bonchev–Trinajstić information content (AvgIpc) is 2.71. The fourth-order valence-electron chi connectivity index (χ4n) is 4.02. The fraction of sp³-hybridized carbons (Fsp3) is 0.500. The Morgan fingerprint density at radius 3 is 1.70 bits per heavy atom. The summed E-state index contributed by atoms with van der Waals surface area (Å²) in [5, 5.41) is -8.44. The zero-order valence-electron chi connectivity index (χ0n) is 17.3. The van der Waals surface area contributed by atoms with Gasteiger partial charge in [-0.3, -0.25) is 0 Å². The number of aryl methyl sites for hydroxylation is 1. The van der Waals surface area contributed by atoms with Crippen molar-refractivity contribution >= 4 is 23.5 Å². The maximum absolute atomic E-state index is 14.4. The molecule has 2 aromatic rings. The van der Waals surface area contributed by atoms with E-state index in [9.17, 15) is 17.6 Å².